The third-order valence-electron chi connectivity index (χ3n) is 1.34. The van der Waals surface area contributed by atoms with Crippen LogP contribution in [-0.4, -0.2) is 15.5 Å². The fraction of sp³-hybridized carbons (Fsp3) is 0.143. The second-order valence-corrected chi connectivity index (χ2v) is 6.94. The maximum atomic E-state index is 11.0. The van der Waals surface area contributed by atoms with Gasteiger partial charge < -0.3 is 4.74 Å². The quantitative estimate of drug-likeness (QED) is 0.618. The van der Waals surface area contributed by atoms with E-state index in [9.17, 15) is 8.42 Å². The van der Waals surface area contributed by atoms with Crippen LogP contribution < -0.4 is 4.74 Å². The standard InChI is InChI=1S/C7H7IO3S/c1-11-6-2-4-7(5-3-6)12(8,9)10/h2-5H,1H3. The lowest BCUT2D eigenvalue weighted by molar-refractivity contribution is 0.414. The van der Waals surface area contributed by atoms with Gasteiger partial charge in [-0.1, -0.05) is 0 Å². The molecule has 0 N–H and O–H groups in total. The molecule has 0 saturated heterocycles. The van der Waals surface area contributed by atoms with Gasteiger partial charge in [0.05, 0.1) is 33.2 Å². The molecule has 0 spiro atoms. The van der Waals surface area contributed by atoms with Gasteiger partial charge in [0, 0.05) is 0 Å². The summed E-state index contributed by atoms with van der Waals surface area (Å²) in [5, 5.41) is 0. The molecule has 0 aromatic heterocycles. The Labute approximate surface area is 83.2 Å². The van der Waals surface area contributed by atoms with Crippen LogP contribution in [0.2, 0.25) is 0 Å². The molecule has 0 bridgehead atoms. The van der Waals surface area contributed by atoms with E-state index in [1.54, 1.807) is 12.1 Å². The molecule has 0 heterocycles. The molecule has 1 aromatic rings. The summed E-state index contributed by atoms with van der Waals surface area (Å²) in [6.45, 7) is 0. The van der Waals surface area contributed by atoms with Crippen molar-refractivity contribution >= 4 is 28.2 Å². The van der Waals surface area contributed by atoms with Crippen LogP contribution in [0.15, 0.2) is 29.2 Å². The largest absolute Gasteiger partial charge is 0.497 e. The minimum atomic E-state index is -3.11. The molecular formula is C7H7IO3S. The molecule has 5 heteroatoms. The summed E-state index contributed by atoms with van der Waals surface area (Å²) < 4.78 is 26.8. The summed E-state index contributed by atoms with van der Waals surface area (Å²) in [5.41, 5.74) is 0. The van der Waals surface area contributed by atoms with Gasteiger partial charge >= 0.3 is 0 Å². The number of halogens is 1. The van der Waals surface area contributed by atoms with Crippen molar-refractivity contribution in [2.75, 3.05) is 7.11 Å². The van der Waals surface area contributed by atoms with E-state index in [4.69, 9.17) is 4.74 Å². The lowest BCUT2D eigenvalue weighted by atomic mass is 10.3. The van der Waals surface area contributed by atoms with E-state index in [-0.39, 0.29) is 0 Å². The lowest BCUT2D eigenvalue weighted by Crippen LogP contribution is -1.89. The van der Waals surface area contributed by atoms with Gasteiger partial charge in [-0.3, -0.25) is 0 Å². The number of rotatable bonds is 2. The molecular weight excluding hydrogens is 291 g/mol. The molecule has 0 fully saturated rings. The number of methoxy groups -OCH3 is 1. The molecule has 0 atom stereocenters. The van der Waals surface area contributed by atoms with Crippen molar-refractivity contribution in [3.63, 3.8) is 0 Å². The molecule has 0 saturated carbocycles. The molecule has 0 unspecified atom stereocenters. The first-order valence-corrected chi connectivity index (χ1v) is 7.15. The Balaban J connectivity index is 3.09. The summed E-state index contributed by atoms with van der Waals surface area (Å²) in [7, 11) is -1.58. The molecule has 0 radical (unpaired) electrons. The van der Waals surface area contributed by atoms with E-state index < -0.39 is 7.01 Å². The van der Waals surface area contributed by atoms with Crippen LogP contribution in [0.1, 0.15) is 0 Å². The number of hydrogen-bond donors (Lipinski definition) is 0. The maximum Gasteiger partial charge on any atom is 0.231 e. The van der Waals surface area contributed by atoms with Gasteiger partial charge in [0.25, 0.3) is 0 Å². The van der Waals surface area contributed by atoms with Crippen LogP contribution in [-0.2, 0) is 7.01 Å². The Morgan fingerprint density at radius 1 is 1.25 bits per heavy atom. The minimum Gasteiger partial charge on any atom is -0.497 e. The van der Waals surface area contributed by atoms with Gasteiger partial charge in [0.1, 0.15) is 5.75 Å². The summed E-state index contributed by atoms with van der Waals surface area (Å²) in [5.74, 6) is 0.652. The van der Waals surface area contributed by atoms with Crippen molar-refractivity contribution < 1.29 is 13.2 Å². The second-order valence-electron chi connectivity index (χ2n) is 2.11. The SMILES string of the molecule is COc1ccc(S(=O)(=O)I)cc1. The highest BCUT2D eigenvalue weighted by Crippen LogP contribution is 2.20. The molecule has 0 amide bonds. The molecule has 1 aromatic carbocycles. The second kappa shape index (κ2) is 3.61. The van der Waals surface area contributed by atoms with Crippen LogP contribution in [0.4, 0.5) is 0 Å². The molecule has 0 aliphatic rings. The van der Waals surface area contributed by atoms with Crippen molar-refractivity contribution in [3.05, 3.63) is 24.3 Å². The highest BCUT2D eigenvalue weighted by molar-refractivity contribution is 14.2. The first kappa shape index (κ1) is 9.79. The van der Waals surface area contributed by atoms with Gasteiger partial charge in [0.15, 0.2) is 0 Å². The average Bonchev–Trinajstić information content (AvgIpc) is 2.03. The van der Waals surface area contributed by atoms with Crippen LogP contribution in [0.5, 0.6) is 5.75 Å². The van der Waals surface area contributed by atoms with Crippen molar-refractivity contribution in [3.8, 4) is 5.75 Å². The first-order valence-electron chi connectivity index (χ1n) is 3.13. The van der Waals surface area contributed by atoms with Crippen molar-refractivity contribution in [2.45, 2.75) is 4.90 Å². The van der Waals surface area contributed by atoms with E-state index in [0.717, 1.165) is 0 Å². The average molecular weight is 298 g/mol. The van der Waals surface area contributed by atoms with Crippen LogP contribution in [0.3, 0.4) is 0 Å². The van der Waals surface area contributed by atoms with Gasteiger partial charge in [-0.05, 0) is 24.3 Å². The zero-order chi connectivity index (χ0) is 9.19. The first-order chi connectivity index (χ1) is 5.54. The zero-order valence-electron chi connectivity index (χ0n) is 6.32. The highest BCUT2D eigenvalue weighted by Gasteiger charge is 2.07. The Bertz CT molecular complexity index is 355. The predicted octanol–water partition coefficient (Wildman–Crippen LogP) is 1.82. The lowest BCUT2D eigenvalue weighted by Gasteiger charge is -1.99. The molecule has 0 aliphatic carbocycles. The summed E-state index contributed by atoms with van der Waals surface area (Å²) >= 11 is 1.40. The summed E-state index contributed by atoms with van der Waals surface area (Å²) in [4.78, 5) is 0.295. The van der Waals surface area contributed by atoms with E-state index >= 15 is 0 Å². The third-order valence-corrected chi connectivity index (χ3v) is 3.70. The normalized spacial score (nSPS) is 11.2. The van der Waals surface area contributed by atoms with E-state index in [1.807, 2.05) is 0 Å². The summed E-state index contributed by atoms with van der Waals surface area (Å²) in [6.07, 6.45) is 0. The number of ether oxygens (including phenoxy) is 1. The van der Waals surface area contributed by atoms with Gasteiger partial charge in [-0.2, -0.15) is 0 Å². The Morgan fingerprint density at radius 2 is 1.75 bits per heavy atom. The zero-order valence-corrected chi connectivity index (χ0v) is 9.29. The molecule has 66 valence electrons. The van der Waals surface area contributed by atoms with Crippen LogP contribution in [0.25, 0.3) is 0 Å². The number of hydrogen-bond acceptors (Lipinski definition) is 3. The molecule has 12 heavy (non-hydrogen) atoms. The Kier molecular flexibility index (Phi) is 2.94. The highest BCUT2D eigenvalue weighted by atomic mass is 127. The van der Waals surface area contributed by atoms with Gasteiger partial charge in [0.2, 0.25) is 7.01 Å². The van der Waals surface area contributed by atoms with Gasteiger partial charge in [-0.25, -0.2) is 8.42 Å². The molecule has 3 nitrogen and oxygen atoms in total. The Hall–Kier alpha value is -0.300. The van der Waals surface area contributed by atoms with Crippen molar-refractivity contribution in [1.82, 2.24) is 0 Å². The molecule has 1 rings (SSSR count). The van der Waals surface area contributed by atoms with Crippen LogP contribution in [0, 0.1) is 0 Å². The summed E-state index contributed by atoms with van der Waals surface area (Å²) in [6, 6.07) is 6.26. The third kappa shape index (κ3) is 2.34. The van der Waals surface area contributed by atoms with E-state index in [1.165, 1.54) is 40.4 Å². The van der Waals surface area contributed by atoms with E-state index in [2.05, 4.69) is 0 Å². The Morgan fingerprint density at radius 3 is 2.08 bits per heavy atom. The fourth-order valence-electron chi connectivity index (χ4n) is 0.738. The van der Waals surface area contributed by atoms with E-state index in [0.29, 0.717) is 10.6 Å². The van der Waals surface area contributed by atoms with Crippen molar-refractivity contribution in [1.29, 1.82) is 0 Å². The molecule has 0 aliphatic heterocycles. The minimum absolute atomic E-state index is 0.295. The van der Waals surface area contributed by atoms with Gasteiger partial charge in [-0.15, -0.1) is 0 Å². The topological polar surface area (TPSA) is 43.4 Å². The predicted molar refractivity (Wildman–Crippen MR) is 54.2 cm³/mol. The smallest absolute Gasteiger partial charge is 0.231 e. The monoisotopic (exact) mass is 298 g/mol. The number of benzene rings is 1. The maximum absolute atomic E-state index is 11.0. The van der Waals surface area contributed by atoms with Crippen LogP contribution >= 0.6 is 21.2 Å². The van der Waals surface area contributed by atoms with Crippen molar-refractivity contribution in [2.24, 2.45) is 0 Å². The fourth-order valence-corrected chi connectivity index (χ4v) is 2.08.